The number of unbranched alkanes of at least 4 members (excludes halogenated alkanes) is 1. The molecule has 1 rings (SSSR count). The van der Waals surface area contributed by atoms with Gasteiger partial charge < -0.3 is 10.4 Å². The third-order valence-corrected chi connectivity index (χ3v) is 2.79. The summed E-state index contributed by atoms with van der Waals surface area (Å²) in [5.74, 6) is 0. The van der Waals surface area contributed by atoms with Crippen molar-refractivity contribution in [1.29, 1.82) is 0 Å². The van der Waals surface area contributed by atoms with Gasteiger partial charge in [-0.2, -0.15) is 0 Å². The minimum atomic E-state index is 0.297. The lowest BCUT2D eigenvalue weighted by Gasteiger charge is -2.09. The first kappa shape index (κ1) is 12.2. The molecule has 0 unspecified atom stereocenters. The lowest BCUT2D eigenvalue weighted by atomic mass is 10.0. The van der Waals surface area contributed by atoms with Gasteiger partial charge in [0.05, 0.1) is 0 Å². The predicted octanol–water partition coefficient (Wildman–Crippen LogP) is 2.17. The lowest BCUT2D eigenvalue weighted by molar-refractivity contribution is 0.283. The molecule has 2 nitrogen and oxygen atoms in total. The Kier molecular flexibility index (Phi) is 5.37. The summed E-state index contributed by atoms with van der Waals surface area (Å²) < 4.78 is 0. The molecule has 0 aromatic heterocycles. The van der Waals surface area contributed by atoms with Crippen LogP contribution in [0.4, 0.5) is 0 Å². The Morgan fingerprint density at radius 2 is 2.00 bits per heavy atom. The van der Waals surface area contributed by atoms with Crippen LogP contribution in [0.5, 0.6) is 0 Å². The predicted molar refractivity (Wildman–Crippen MR) is 63.9 cm³/mol. The van der Waals surface area contributed by atoms with Crippen LogP contribution in [0.2, 0.25) is 0 Å². The molecule has 0 aliphatic rings. The van der Waals surface area contributed by atoms with Gasteiger partial charge in [-0.15, -0.1) is 0 Å². The van der Waals surface area contributed by atoms with Crippen LogP contribution in [0.25, 0.3) is 0 Å². The summed E-state index contributed by atoms with van der Waals surface area (Å²) in [6.45, 7) is 6.52. The van der Waals surface area contributed by atoms with E-state index in [1.165, 1.54) is 16.7 Å². The van der Waals surface area contributed by atoms with Crippen LogP contribution in [0.3, 0.4) is 0 Å². The first-order chi connectivity index (χ1) is 7.25. The summed E-state index contributed by atoms with van der Waals surface area (Å²) in [6.07, 6.45) is 1.93. The molecule has 0 aliphatic heterocycles. The van der Waals surface area contributed by atoms with Crippen LogP contribution < -0.4 is 5.32 Å². The van der Waals surface area contributed by atoms with Crippen molar-refractivity contribution < 1.29 is 5.11 Å². The maximum Gasteiger partial charge on any atom is 0.0431 e. The molecule has 0 atom stereocenters. The van der Waals surface area contributed by atoms with Crippen molar-refractivity contribution in [2.45, 2.75) is 33.2 Å². The SMILES string of the molecule is Cc1cccc(CNCCCCO)c1C. The molecule has 0 bridgehead atoms. The topological polar surface area (TPSA) is 32.3 Å². The number of nitrogens with one attached hydrogen (secondary N) is 1. The van der Waals surface area contributed by atoms with E-state index in [0.29, 0.717) is 6.61 Å². The van der Waals surface area contributed by atoms with Gasteiger partial charge in [0.2, 0.25) is 0 Å². The summed E-state index contributed by atoms with van der Waals surface area (Å²) in [6, 6.07) is 6.42. The number of rotatable bonds is 6. The van der Waals surface area contributed by atoms with E-state index in [1.807, 2.05) is 0 Å². The Morgan fingerprint density at radius 1 is 1.20 bits per heavy atom. The van der Waals surface area contributed by atoms with E-state index in [4.69, 9.17) is 5.11 Å². The minimum absolute atomic E-state index is 0.297. The standard InChI is InChI=1S/C13H21NO/c1-11-6-5-7-13(12(11)2)10-14-8-3-4-9-15/h5-7,14-15H,3-4,8-10H2,1-2H3. The Labute approximate surface area is 92.3 Å². The minimum Gasteiger partial charge on any atom is -0.396 e. The monoisotopic (exact) mass is 207 g/mol. The largest absolute Gasteiger partial charge is 0.396 e. The van der Waals surface area contributed by atoms with Gasteiger partial charge in [0, 0.05) is 13.2 Å². The van der Waals surface area contributed by atoms with E-state index in [2.05, 4.69) is 37.4 Å². The fourth-order valence-corrected chi connectivity index (χ4v) is 1.59. The first-order valence-corrected chi connectivity index (χ1v) is 5.62. The fraction of sp³-hybridized carbons (Fsp3) is 0.538. The van der Waals surface area contributed by atoms with Gasteiger partial charge in [-0.3, -0.25) is 0 Å². The second kappa shape index (κ2) is 6.59. The highest BCUT2D eigenvalue weighted by atomic mass is 16.2. The van der Waals surface area contributed by atoms with Crippen molar-refractivity contribution in [1.82, 2.24) is 5.32 Å². The van der Waals surface area contributed by atoms with Crippen molar-refractivity contribution in [3.8, 4) is 0 Å². The zero-order valence-corrected chi connectivity index (χ0v) is 9.71. The quantitative estimate of drug-likeness (QED) is 0.701. The van der Waals surface area contributed by atoms with Crippen molar-refractivity contribution in [2.24, 2.45) is 0 Å². The van der Waals surface area contributed by atoms with Gasteiger partial charge in [-0.25, -0.2) is 0 Å². The fourth-order valence-electron chi connectivity index (χ4n) is 1.59. The highest BCUT2D eigenvalue weighted by Gasteiger charge is 1.99. The summed E-state index contributed by atoms with van der Waals surface area (Å²) >= 11 is 0. The van der Waals surface area contributed by atoms with E-state index in [0.717, 1.165) is 25.9 Å². The molecule has 0 heterocycles. The molecule has 0 saturated carbocycles. The number of aliphatic hydroxyl groups is 1. The van der Waals surface area contributed by atoms with E-state index in [-0.39, 0.29) is 0 Å². The molecule has 1 aromatic rings. The Hall–Kier alpha value is -0.860. The molecule has 0 aliphatic carbocycles. The molecule has 0 amide bonds. The summed E-state index contributed by atoms with van der Waals surface area (Å²) in [5.41, 5.74) is 4.11. The van der Waals surface area contributed by atoms with Crippen molar-refractivity contribution in [3.63, 3.8) is 0 Å². The zero-order valence-electron chi connectivity index (χ0n) is 9.71. The maximum atomic E-state index is 8.64. The molecule has 15 heavy (non-hydrogen) atoms. The molecule has 0 radical (unpaired) electrons. The lowest BCUT2D eigenvalue weighted by Crippen LogP contribution is -2.15. The molecule has 0 fully saturated rings. The number of aliphatic hydroxyl groups excluding tert-OH is 1. The molecule has 0 spiro atoms. The van der Waals surface area contributed by atoms with Crippen LogP contribution in [0.1, 0.15) is 29.5 Å². The van der Waals surface area contributed by atoms with E-state index < -0.39 is 0 Å². The second-order valence-electron chi connectivity index (χ2n) is 3.97. The van der Waals surface area contributed by atoms with Crippen molar-refractivity contribution in [3.05, 3.63) is 34.9 Å². The van der Waals surface area contributed by atoms with Crippen molar-refractivity contribution in [2.75, 3.05) is 13.2 Å². The number of benzene rings is 1. The Bertz CT molecular complexity index is 297. The molecule has 0 saturated heterocycles. The van der Waals surface area contributed by atoms with Gasteiger partial charge in [-0.05, 0) is 49.9 Å². The Balaban J connectivity index is 2.34. The van der Waals surface area contributed by atoms with Crippen LogP contribution in [-0.4, -0.2) is 18.3 Å². The third kappa shape index (κ3) is 4.02. The third-order valence-electron chi connectivity index (χ3n) is 2.79. The van der Waals surface area contributed by atoms with Crippen molar-refractivity contribution >= 4 is 0 Å². The van der Waals surface area contributed by atoms with Gasteiger partial charge >= 0.3 is 0 Å². The van der Waals surface area contributed by atoms with Crippen LogP contribution in [0.15, 0.2) is 18.2 Å². The zero-order chi connectivity index (χ0) is 11.1. The molecule has 2 N–H and O–H groups in total. The summed E-state index contributed by atoms with van der Waals surface area (Å²) in [4.78, 5) is 0. The average Bonchev–Trinajstić information content (AvgIpc) is 2.24. The Morgan fingerprint density at radius 3 is 2.73 bits per heavy atom. The average molecular weight is 207 g/mol. The number of aryl methyl sites for hydroxylation is 1. The van der Waals surface area contributed by atoms with Crippen LogP contribution in [-0.2, 0) is 6.54 Å². The first-order valence-electron chi connectivity index (χ1n) is 5.62. The summed E-state index contributed by atoms with van der Waals surface area (Å²) in [7, 11) is 0. The smallest absolute Gasteiger partial charge is 0.0431 e. The molecular formula is C13H21NO. The van der Waals surface area contributed by atoms with E-state index in [9.17, 15) is 0 Å². The van der Waals surface area contributed by atoms with Gasteiger partial charge in [0.15, 0.2) is 0 Å². The highest BCUT2D eigenvalue weighted by Crippen LogP contribution is 2.12. The van der Waals surface area contributed by atoms with Gasteiger partial charge in [-0.1, -0.05) is 18.2 Å². The molecular weight excluding hydrogens is 186 g/mol. The van der Waals surface area contributed by atoms with Crippen LogP contribution >= 0.6 is 0 Å². The van der Waals surface area contributed by atoms with Gasteiger partial charge in [0.25, 0.3) is 0 Å². The molecule has 2 heteroatoms. The molecule has 84 valence electrons. The van der Waals surface area contributed by atoms with Gasteiger partial charge in [0.1, 0.15) is 0 Å². The normalized spacial score (nSPS) is 10.6. The van der Waals surface area contributed by atoms with E-state index in [1.54, 1.807) is 0 Å². The molecule has 1 aromatic carbocycles. The van der Waals surface area contributed by atoms with Crippen LogP contribution in [0, 0.1) is 13.8 Å². The number of hydrogen-bond donors (Lipinski definition) is 2. The number of hydrogen-bond acceptors (Lipinski definition) is 2. The maximum absolute atomic E-state index is 8.64. The summed E-state index contributed by atoms with van der Waals surface area (Å²) in [5, 5.41) is 12.0. The highest BCUT2D eigenvalue weighted by molar-refractivity contribution is 5.32. The van der Waals surface area contributed by atoms with E-state index >= 15 is 0 Å². The second-order valence-corrected chi connectivity index (χ2v) is 3.97.